The van der Waals surface area contributed by atoms with Gasteiger partial charge in [-0.1, -0.05) is 28.1 Å². The third kappa shape index (κ3) is 3.31. The smallest absolute Gasteiger partial charge is 0.272 e. The van der Waals surface area contributed by atoms with Gasteiger partial charge in [-0.2, -0.15) is 5.10 Å². The van der Waals surface area contributed by atoms with E-state index >= 15 is 0 Å². The molecule has 1 aromatic carbocycles. The van der Waals surface area contributed by atoms with Gasteiger partial charge >= 0.3 is 0 Å². The number of methoxy groups -OCH3 is 1. The highest BCUT2D eigenvalue weighted by Gasteiger charge is 2.35. The summed E-state index contributed by atoms with van der Waals surface area (Å²) in [6, 6.07) is 9.58. The van der Waals surface area contributed by atoms with Gasteiger partial charge in [0.1, 0.15) is 5.69 Å². The van der Waals surface area contributed by atoms with Crippen LogP contribution in [0.15, 0.2) is 34.8 Å². The average molecular weight is 379 g/mol. The van der Waals surface area contributed by atoms with Crippen LogP contribution in [0.3, 0.4) is 0 Å². The molecule has 0 saturated carbocycles. The van der Waals surface area contributed by atoms with E-state index < -0.39 is 0 Å². The largest absolute Gasteiger partial charge is 0.380 e. The van der Waals surface area contributed by atoms with Crippen molar-refractivity contribution in [1.29, 1.82) is 0 Å². The van der Waals surface area contributed by atoms with Gasteiger partial charge in [0.05, 0.1) is 11.8 Å². The Morgan fingerprint density at radius 1 is 1.48 bits per heavy atom. The fourth-order valence-corrected chi connectivity index (χ4v) is 3.14. The van der Waals surface area contributed by atoms with Crippen LogP contribution >= 0.6 is 15.9 Å². The van der Waals surface area contributed by atoms with Crippen LogP contribution in [0, 0.1) is 0 Å². The number of H-pyrrole nitrogens is 1. The second kappa shape index (κ2) is 6.82. The number of benzene rings is 1. The van der Waals surface area contributed by atoms with E-state index in [1.54, 1.807) is 18.1 Å². The molecule has 2 aromatic rings. The Morgan fingerprint density at radius 2 is 2.22 bits per heavy atom. The summed E-state index contributed by atoms with van der Waals surface area (Å²) in [4.78, 5) is 14.5. The Bertz CT molecular complexity index is 686. The first kappa shape index (κ1) is 16.2. The molecule has 2 heterocycles. The maximum atomic E-state index is 12.7. The lowest BCUT2D eigenvalue weighted by Crippen LogP contribution is -2.40. The molecule has 1 fully saturated rings. The molecule has 0 radical (unpaired) electrons. The van der Waals surface area contributed by atoms with E-state index in [1.807, 2.05) is 24.3 Å². The van der Waals surface area contributed by atoms with Gasteiger partial charge in [-0.25, -0.2) is 0 Å². The number of carbonyl (C=O) groups excluding carboxylic acids is 1. The number of aromatic amines is 1. The lowest BCUT2D eigenvalue weighted by molar-refractivity contribution is 0.0686. The van der Waals surface area contributed by atoms with Crippen molar-refractivity contribution >= 4 is 21.8 Å². The standard InChI is InChI=1S/C16H19BrN4O2/c1-23-13-6-12(8-18)21(9-13)16(22)15-7-14(19-20-15)10-2-4-11(17)5-3-10/h2-5,7,12-13H,6,8-9,18H2,1H3,(H,19,20)/t12-,13+/m0/s1. The first-order valence-electron chi connectivity index (χ1n) is 7.47. The predicted molar refractivity (Wildman–Crippen MR) is 91.0 cm³/mol. The molecule has 3 rings (SSSR count). The molecule has 23 heavy (non-hydrogen) atoms. The Morgan fingerprint density at radius 3 is 2.87 bits per heavy atom. The van der Waals surface area contributed by atoms with E-state index in [-0.39, 0.29) is 18.1 Å². The number of hydrogen-bond donors (Lipinski definition) is 2. The molecular weight excluding hydrogens is 360 g/mol. The van der Waals surface area contributed by atoms with E-state index in [4.69, 9.17) is 10.5 Å². The van der Waals surface area contributed by atoms with Crippen molar-refractivity contribution in [3.63, 3.8) is 0 Å². The van der Waals surface area contributed by atoms with Gasteiger partial charge in [0, 0.05) is 36.3 Å². The van der Waals surface area contributed by atoms with E-state index in [0.29, 0.717) is 18.8 Å². The lowest BCUT2D eigenvalue weighted by atomic mass is 10.1. The minimum absolute atomic E-state index is 0.00637. The Balaban J connectivity index is 1.79. The summed E-state index contributed by atoms with van der Waals surface area (Å²) in [5.41, 5.74) is 7.96. The van der Waals surface area contributed by atoms with Crippen LogP contribution < -0.4 is 5.73 Å². The van der Waals surface area contributed by atoms with Crippen molar-refractivity contribution in [3.05, 3.63) is 40.5 Å². The molecule has 2 atom stereocenters. The maximum Gasteiger partial charge on any atom is 0.272 e. The summed E-state index contributed by atoms with van der Waals surface area (Å²) >= 11 is 3.41. The predicted octanol–water partition coefficient (Wildman–Crippen LogP) is 2.03. The molecule has 1 saturated heterocycles. The van der Waals surface area contributed by atoms with Gasteiger partial charge < -0.3 is 15.4 Å². The molecule has 7 heteroatoms. The zero-order valence-electron chi connectivity index (χ0n) is 12.8. The van der Waals surface area contributed by atoms with Crippen molar-refractivity contribution in [3.8, 4) is 11.3 Å². The molecular formula is C16H19BrN4O2. The minimum atomic E-state index is -0.0872. The molecule has 6 nitrogen and oxygen atoms in total. The Hall–Kier alpha value is -1.70. The number of hydrogen-bond acceptors (Lipinski definition) is 4. The number of likely N-dealkylation sites (tertiary alicyclic amines) is 1. The van der Waals surface area contributed by atoms with Crippen LogP contribution in [0.1, 0.15) is 16.9 Å². The summed E-state index contributed by atoms with van der Waals surface area (Å²) < 4.78 is 6.37. The van der Waals surface area contributed by atoms with Crippen LogP contribution in [-0.4, -0.2) is 53.3 Å². The molecule has 1 aliphatic heterocycles. The zero-order valence-corrected chi connectivity index (χ0v) is 14.4. The molecule has 0 aliphatic carbocycles. The van der Waals surface area contributed by atoms with Crippen LogP contribution in [0.25, 0.3) is 11.3 Å². The van der Waals surface area contributed by atoms with E-state index in [0.717, 1.165) is 22.2 Å². The van der Waals surface area contributed by atoms with Gasteiger partial charge in [0.25, 0.3) is 5.91 Å². The van der Waals surface area contributed by atoms with Gasteiger partial charge in [-0.15, -0.1) is 0 Å². The minimum Gasteiger partial charge on any atom is -0.380 e. The fraction of sp³-hybridized carbons (Fsp3) is 0.375. The summed E-state index contributed by atoms with van der Waals surface area (Å²) in [5.74, 6) is -0.0872. The summed E-state index contributed by atoms with van der Waals surface area (Å²) in [5, 5.41) is 7.09. The topological polar surface area (TPSA) is 84.2 Å². The highest BCUT2D eigenvalue weighted by molar-refractivity contribution is 9.10. The lowest BCUT2D eigenvalue weighted by Gasteiger charge is -2.22. The monoisotopic (exact) mass is 378 g/mol. The van der Waals surface area contributed by atoms with Crippen LogP contribution in [0.4, 0.5) is 0 Å². The quantitative estimate of drug-likeness (QED) is 0.852. The van der Waals surface area contributed by atoms with Crippen molar-refractivity contribution in [1.82, 2.24) is 15.1 Å². The highest BCUT2D eigenvalue weighted by atomic mass is 79.9. The van der Waals surface area contributed by atoms with Crippen molar-refractivity contribution in [2.24, 2.45) is 5.73 Å². The second-order valence-electron chi connectivity index (χ2n) is 5.61. The highest BCUT2D eigenvalue weighted by Crippen LogP contribution is 2.24. The summed E-state index contributed by atoms with van der Waals surface area (Å²) in [7, 11) is 1.66. The first-order chi connectivity index (χ1) is 11.1. The van der Waals surface area contributed by atoms with Crippen molar-refractivity contribution < 1.29 is 9.53 Å². The third-order valence-electron chi connectivity index (χ3n) is 4.19. The number of halogens is 1. The molecule has 1 aliphatic rings. The molecule has 0 unspecified atom stereocenters. The number of nitrogens with zero attached hydrogens (tertiary/aromatic N) is 2. The number of rotatable bonds is 4. The zero-order chi connectivity index (χ0) is 16.4. The van der Waals surface area contributed by atoms with Crippen molar-refractivity contribution in [2.45, 2.75) is 18.6 Å². The number of ether oxygens (including phenoxy) is 1. The van der Waals surface area contributed by atoms with Crippen LogP contribution in [0.2, 0.25) is 0 Å². The molecule has 0 spiro atoms. The van der Waals surface area contributed by atoms with Gasteiger partial charge in [0.15, 0.2) is 0 Å². The Kier molecular flexibility index (Phi) is 4.79. The van der Waals surface area contributed by atoms with Crippen molar-refractivity contribution in [2.75, 3.05) is 20.2 Å². The van der Waals surface area contributed by atoms with Gasteiger partial charge in [-0.3, -0.25) is 9.89 Å². The van der Waals surface area contributed by atoms with Gasteiger partial charge in [-0.05, 0) is 24.6 Å². The second-order valence-corrected chi connectivity index (χ2v) is 6.53. The number of amides is 1. The number of nitrogens with two attached hydrogens (primary N) is 1. The SMILES string of the molecule is CO[C@@H]1C[C@@H](CN)N(C(=O)c2cc(-c3ccc(Br)cc3)n[nH]2)C1. The number of aromatic nitrogens is 2. The molecule has 3 N–H and O–H groups in total. The summed E-state index contributed by atoms with van der Waals surface area (Å²) in [6.45, 7) is 0.989. The van der Waals surface area contributed by atoms with Crippen LogP contribution in [0.5, 0.6) is 0 Å². The van der Waals surface area contributed by atoms with E-state index in [1.165, 1.54) is 0 Å². The molecule has 122 valence electrons. The first-order valence-corrected chi connectivity index (χ1v) is 8.27. The van der Waals surface area contributed by atoms with E-state index in [2.05, 4.69) is 26.1 Å². The number of nitrogens with one attached hydrogen (secondary N) is 1. The van der Waals surface area contributed by atoms with Gasteiger partial charge in [0.2, 0.25) is 0 Å². The molecule has 0 bridgehead atoms. The third-order valence-corrected chi connectivity index (χ3v) is 4.72. The summed E-state index contributed by atoms with van der Waals surface area (Å²) in [6.07, 6.45) is 0.813. The maximum absolute atomic E-state index is 12.7. The van der Waals surface area contributed by atoms with Crippen LogP contribution in [-0.2, 0) is 4.74 Å². The molecule has 1 amide bonds. The normalized spacial score (nSPS) is 20.9. The fourth-order valence-electron chi connectivity index (χ4n) is 2.87. The number of carbonyl (C=O) groups is 1. The average Bonchev–Trinajstić information content (AvgIpc) is 3.21. The van der Waals surface area contributed by atoms with E-state index in [9.17, 15) is 4.79 Å². The Labute approximate surface area is 143 Å². The molecule has 1 aromatic heterocycles.